The summed E-state index contributed by atoms with van der Waals surface area (Å²) in [6.45, 7) is 4.49. The van der Waals surface area contributed by atoms with E-state index in [2.05, 4.69) is 26.7 Å². The lowest BCUT2D eigenvalue weighted by atomic mass is 10.1. The molecule has 1 amide bonds. The monoisotopic (exact) mass is 392 g/mol. The summed E-state index contributed by atoms with van der Waals surface area (Å²) in [4.78, 5) is 20.9. The van der Waals surface area contributed by atoms with Crippen molar-refractivity contribution >= 4 is 17.5 Å². The van der Waals surface area contributed by atoms with E-state index < -0.39 is 0 Å². The molecule has 150 valence electrons. The lowest BCUT2D eigenvalue weighted by Gasteiger charge is -2.10. The van der Waals surface area contributed by atoms with Crippen LogP contribution in [-0.2, 0) is 6.54 Å². The molecule has 7 nitrogen and oxygen atoms in total. The summed E-state index contributed by atoms with van der Waals surface area (Å²) in [5.41, 5.74) is 4.31. The van der Waals surface area contributed by atoms with Crippen molar-refractivity contribution in [2.45, 2.75) is 20.4 Å². The van der Waals surface area contributed by atoms with E-state index in [0.29, 0.717) is 29.6 Å². The van der Waals surface area contributed by atoms with Gasteiger partial charge in [-0.3, -0.25) is 4.79 Å². The van der Waals surface area contributed by atoms with E-state index in [1.807, 2.05) is 44.2 Å². The van der Waals surface area contributed by atoms with Crippen molar-refractivity contribution < 1.29 is 14.3 Å². The van der Waals surface area contributed by atoms with Gasteiger partial charge in [0.05, 0.1) is 19.8 Å². The Morgan fingerprint density at radius 2 is 1.59 bits per heavy atom. The minimum atomic E-state index is -0.249. The van der Waals surface area contributed by atoms with Crippen molar-refractivity contribution in [3.8, 4) is 11.5 Å². The van der Waals surface area contributed by atoms with Crippen LogP contribution >= 0.6 is 0 Å². The molecule has 3 rings (SSSR count). The Kier molecular flexibility index (Phi) is 6.29. The average molecular weight is 392 g/mol. The van der Waals surface area contributed by atoms with Gasteiger partial charge in [-0.1, -0.05) is 12.1 Å². The van der Waals surface area contributed by atoms with E-state index in [1.165, 1.54) is 12.4 Å². The maximum Gasteiger partial charge on any atom is 0.258 e. The Bertz CT molecular complexity index is 983. The van der Waals surface area contributed by atoms with Crippen molar-refractivity contribution in [3.63, 3.8) is 0 Å². The zero-order valence-electron chi connectivity index (χ0n) is 16.9. The molecule has 7 heteroatoms. The summed E-state index contributed by atoms with van der Waals surface area (Å²) >= 11 is 0. The van der Waals surface area contributed by atoms with Gasteiger partial charge in [0.1, 0.15) is 0 Å². The van der Waals surface area contributed by atoms with Gasteiger partial charge in [-0.05, 0) is 54.8 Å². The van der Waals surface area contributed by atoms with Gasteiger partial charge < -0.3 is 20.1 Å². The third kappa shape index (κ3) is 5.22. The van der Waals surface area contributed by atoms with E-state index in [4.69, 9.17) is 9.47 Å². The third-order valence-electron chi connectivity index (χ3n) is 4.29. The third-order valence-corrected chi connectivity index (χ3v) is 4.29. The number of carbonyl (C=O) groups excluding carboxylic acids is 1. The highest BCUT2D eigenvalue weighted by molar-refractivity contribution is 6.04. The summed E-state index contributed by atoms with van der Waals surface area (Å²) in [5.74, 6) is 1.52. The number of anilines is 2. The van der Waals surface area contributed by atoms with Crippen molar-refractivity contribution in [1.82, 2.24) is 9.97 Å². The summed E-state index contributed by atoms with van der Waals surface area (Å²) in [7, 11) is 3.20. The maximum atomic E-state index is 12.4. The van der Waals surface area contributed by atoms with Crippen LogP contribution < -0.4 is 20.1 Å². The van der Waals surface area contributed by atoms with Crippen LogP contribution in [0.15, 0.2) is 48.8 Å². The number of hydrogen-bond acceptors (Lipinski definition) is 6. The zero-order valence-corrected chi connectivity index (χ0v) is 16.9. The Morgan fingerprint density at radius 3 is 2.21 bits per heavy atom. The highest BCUT2D eigenvalue weighted by Crippen LogP contribution is 2.27. The highest BCUT2D eigenvalue weighted by Gasteiger charge is 2.09. The van der Waals surface area contributed by atoms with Crippen LogP contribution in [-0.4, -0.2) is 30.1 Å². The van der Waals surface area contributed by atoms with Gasteiger partial charge in [0.2, 0.25) is 5.95 Å². The molecule has 0 unspecified atom stereocenters. The molecule has 2 aromatic carbocycles. The summed E-state index contributed by atoms with van der Waals surface area (Å²) < 4.78 is 10.5. The number of amides is 1. The second-order valence-corrected chi connectivity index (χ2v) is 6.67. The predicted octanol–water partition coefficient (Wildman–Crippen LogP) is 3.98. The van der Waals surface area contributed by atoms with Gasteiger partial charge in [0.15, 0.2) is 11.5 Å². The number of methoxy groups -OCH3 is 2. The molecule has 29 heavy (non-hydrogen) atoms. The van der Waals surface area contributed by atoms with Gasteiger partial charge in [-0.2, -0.15) is 0 Å². The Balaban J connectivity index is 1.62. The minimum absolute atomic E-state index is 0.249. The first-order chi connectivity index (χ1) is 14.0. The van der Waals surface area contributed by atoms with E-state index >= 15 is 0 Å². The number of hydrogen-bond donors (Lipinski definition) is 2. The molecular formula is C22H24N4O3. The van der Waals surface area contributed by atoms with Crippen molar-refractivity contribution in [2.75, 3.05) is 24.9 Å². The number of ether oxygens (including phenoxy) is 2. The summed E-state index contributed by atoms with van der Waals surface area (Å²) in [5, 5.41) is 6.01. The molecule has 0 aliphatic rings. The molecule has 3 aromatic rings. The molecule has 1 aromatic heterocycles. The van der Waals surface area contributed by atoms with Crippen LogP contribution in [0.2, 0.25) is 0 Å². The lowest BCUT2D eigenvalue weighted by Crippen LogP contribution is -2.13. The predicted molar refractivity (Wildman–Crippen MR) is 113 cm³/mol. The van der Waals surface area contributed by atoms with Crippen LogP contribution in [0, 0.1) is 13.8 Å². The van der Waals surface area contributed by atoms with E-state index in [0.717, 1.165) is 22.4 Å². The second kappa shape index (κ2) is 9.05. The molecule has 0 bridgehead atoms. The molecule has 0 spiro atoms. The Morgan fingerprint density at radius 1 is 0.931 bits per heavy atom. The fourth-order valence-corrected chi connectivity index (χ4v) is 2.96. The first kappa shape index (κ1) is 20.1. The molecule has 0 fully saturated rings. The van der Waals surface area contributed by atoms with Crippen molar-refractivity contribution in [3.05, 3.63) is 71.0 Å². The number of aryl methyl sites for hydroxylation is 2. The van der Waals surface area contributed by atoms with Gasteiger partial charge >= 0.3 is 0 Å². The van der Waals surface area contributed by atoms with E-state index in [9.17, 15) is 4.79 Å². The van der Waals surface area contributed by atoms with Gasteiger partial charge in [-0.15, -0.1) is 0 Å². The summed E-state index contributed by atoms with van der Waals surface area (Å²) in [6, 6.07) is 11.6. The smallest absolute Gasteiger partial charge is 0.258 e. The van der Waals surface area contributed by atoms with Crippen LogP contribution in [0.1, 0.15) is 27.0 Å². The van der Waals surface area contributed by atoms with Crippen LogP contribution in [0.3, 0.4) is 0 Å². The fourth-order valence-electron chi connectivity index (χ4n) is 2.96. The molecule has 0 radical (unpaired) electrons. The fraction of sp³-hybridized carbons (Fsp3) is 0.227. The standard InChI is InChI=1S/C22H24N4O3/c1-14-7-15(2)9-18(8-14)26-21(27)17-12-24-22(25-13-17)23-11-16-5-6-19(28-3)20(10-16)29-4/h5-10,12-13H,11H2,1-4H3,(H,26,27)(H,23,24,25). The number of carbonyl (C=O) groups is 1. The first-order valence-corrected chi connectivity index (χ1v) is 9.15. The number of nitrogens with one attached hydrogen (secondary N) is 2. The molecule has 0 aliphatic carbocycles. The van der Waals surface area contributed by atoms with Crippen LogP contribution in [0.4, 0.5) is 11.6 Å². The molecule has 0 aliphatic heterocycles. The maximum absolute atomic E-state index is 12.4. The van der Waals surface area contributed by atoms with E-state index in [1.54, 1.807) is 14.2 Å². The minimum Gasteiger partial charge on any atom is -0.493 e. The van der Waals surface area contributed by atoms with Gasteiger partial charge in [-0.25, -0.2) is 9.97 Å². The normalized spacial score (nSPS) is 10.3. The second-order valence-electron chi connectivity index (χ2n) is 6.67. The SMILES string of the molecule is COc1ccc(CNc2ncc(C(=O)Nc3cc(C)cc(C)c3)cn2)cc1OC. The lowest BCUT2D eigenvalue weighted by molar-refractivity contribution is 0.102. The largest absolute Gasteiger partial charge is 0.493 e. The van der Waals surface area contributed by atoms with Crippen molar-refractivity contribution in [2.24, 2.45) is 0 Å². The molecule has 0 saturated carbocycles. The highest BCUT2D eigenvalue weighted by atomic mass is 16.5. The topological polar surface area (TPSA) is 85.4 Å². The molecule has 0 saturated heterocycles. The molecule has 0 atom stereocenters. The van der Waals surface area contributed by atoms with Crippen LogP contribution in [0.25, 0.3) is 0 Å². The van der Waals surface area contributed by atoms with E-state index in [-0.39, 0.29) is 5.91 Å². The van der Waals surface area contributed by atoms with Crippen molar-refractivity contribution in [1.29, 1.82) is 0 Å². The number of rotatable bonds is 7. The molecule has 1 heterocycles. The number of nitrogens with zero attached hydrogens (tertiary/aromatic N) is 2. The number of aromatic nitrogens is 2. The molecular weight excluding hydrogens is 368 g/mol. The summed E-state index contributed by atoms with van der Waals surface area (Å²) in [6.07, 6.45) is 3.00. The first-order valence-electron chi connectivity index (χ1n) is 9.15. The number of benzene rings is 2. The Hall–Kier alpha value is -3.61. The van der Waals surface area contributed by atoms with Gasteiger partial charge in [0.25, 0.3) is 5.91 Å². The quantitative estimate of drug-likeness (QED) is 0.633. The van der Waals surface area contributed by atoms with Crippen LogP contribution in [0.5, 0.6) is 11.5 Å². The molecule has 2 N–H and O–H groups in total. The average Bonchev–Trinajstić information content (AvgIpc) is 2.71. The Labute approximate surface area is 170 Å². The van der Waals surface area contributed by atoms with Gasteiger partial charge in [0, 0.05) is 24.6 Å². The zero-order chi connectivity index (χ0) is 20.8.